The van der Waals surface area contributed by atoms with Crippen LogP contribution in [0.4, 0.5) is 0 Å². The largest absolute Gasteiger partial charge is 0.359 e. The molecule has 7 aromatic carbocycles. The fraction of sp³-hybridized carbons (Fsp3) is 0.0217. The smallest absolute Gasteiger partial charge is 0.134 e. The molecular weight excluding hydrogens is 623 g/mol. The molecule has 0 saturated heterocycles. The Balaban J connectivity index is 1.09. The van der Waals surface area contributed by atoms with Crippen LogP contribution in [0, 0.1) is 0 Å². The number of hydrogen-bond acceptors (Lipinski definition) is 4. The molecule has 1 aliphatic heterocycles. The molecule has 5 heteroatoms. The van der Waals surface area contributed by atoms with Crippen molar-refractivity contribution in [2.75, 3.05) is 0 Å². The van der Waals surface area contributed by atoms with Crippen LogP contribution < -0.4 is 5.32 Å². The van der Waals surface area contributed by atoms with Crippen molar-refractivity contribution in [3.05, 3.63) is 193 Å². The molecule has 0 aliphatic carbocycles. The van der Waals surface area contributed by atoms with Gasteiger partial charge in [-0.15, -0.1) is 0 Å². The van der Waals surface area contributed by atoms with Gasteiger partial charge in [-0.2, -0.15) is 0 Å². The maximum atomic E-state index is 5.15. The summed E-state index contributed by atoms with van der Waals surface area (Å²) in [5.41, 5.74) is 13.5. The Kier molecular flexibility index (Phi) is 6.81. The van der Waals surface area contributed by atoms with Gasteiger partial charge in [-0.05, 0) is 71.3 Å². The zero-order chi connectivity index (χ0) is 33.7. The molecule has 0 radical (unpaired) electrons. The summed E-state index contributed by atoms with van der Waals surface area (Å²) in [6.45, 7) is 0. The van der Waals surface area contributed by atoms with Gasteiger partial charge in [-0.1, -0.05) is 121 Å². The summed E-state index contributed by atoms with van der Waals surface area (Å²) < 4.78 is 2.35. The normalized spacial score (nSPS) is 14.5. The predicted molar refractivity (Wildman–Crippen MR) is 210 cm³/mol. The molecule has 0 bridgehead atoms. The van der Waals surface area contributed by atoms with Crippen LogP contribution in [0.1, 0.15) is 22.7 Å². The Morgan fingerprint density at radius 3 is 1.88 bits per heavy atom. The van der Waals surface area contributed by atoms with Crippen LogP contribution in [0.25, 0.3) is 66.4 Å². The van der Waals surface area contributed by atoms with Gasteiger partial charge in [0.2, 0.25) is 0 Å². The van der Waals surface area contributed by atoms with E-state index in [2.05, 4.69) is 155 Å². The molecule has 0 saturated carbocycles. The molecule has 1 aliphatic rings. The van der Waals surface area contributed by atoms with Gasteiger partial charge >= 0.3 is 0 Å². The summed E-state index contributed by atoms with van der Waals surface area (Å²) in [6, 6.07) is 59.4. The third kappa shape index (κ3) is 5.15. The van der Waals surface area contributed by atoms with Crippen LogP contribution >= 0.6 is 0 Å². The lowest BCUT2D eigenvalue weighted by molar-refractivity contribution is 0.781. The zero-order valence-electron chi connectivity index (χ0n) is 27.6. The molecule has 3 heterocycles. The van der Waals surface area contributed by atoms with E-state index in [0.717, 1.165) is 78.0 Å². The van der Waals surface area contributed by atoms with Crippen LogP contribution in [-0.2, 0) is 0 Å². The lowest BCUT2D eigenvalue weighted by Gasteiger charge is -2.24. The van der Waals surface area contributed by atoms with E-state index in [1.165, 1.54) is 10.9 Å². The minimum atomic E-state index is -0.00467. The molecule has 0 fully saturated rings. The number of para-hydroxylation sites is 3. The monoisotopic (exact) mass is 653 g/mol. The van der Waals surface area contributed by atoms with Gasteiger partial charge in [-0.3, -0.25) is 0 Å². The topological polar surface area (TPSA) is 55.1 Å². The van der Waals surface area contributed by atoms with Crippen LogP contribution in [0.2, 0.25) is 0 Å². The second kappa shape index (κ2) is 11.9. The number of aromatic nitrogens is 3. The number of rotatable bonds is 5. The lowest BCUT2D eigenvalue weighted by Crippen LogP contribution is -2.31. The average molecular weight is 654 g/mol. The van der Waals surface area contributed by atoms with Gasteiger partial charge < -0.3 is 9.88 Å². The van der Waals surface area contributed by atoms with Gasteiger partial charge in [0.1, 0.15) is 5.84 Å². The number of aliphatic imine (C=N–C) groups is 1. The Morgan fingerprint density at radius 1 is 0.451 bits per heavy atom. The Morgan fingerprint density at radius 2 is 1.08 bits per heavy atom. The zero-order valence-corrected chi connectivity index (χ0v) is 27.6. The van der Waals surface area contributed by atoms with Crippen molar-refractivity contribution in [3.63, 3.8) is 0 Å². The number of benzene rings is 7. The summed E-state index contributed by atoms with van der Waals surface area (Å²) in [4.78, 5) is 15.1. The van der Waals surface area contributed by atoms with Crippen molar-refractivity contribution in [1.29, 1.82) is 0 Å². The highest BCUT2D eigenvalue weighted by molar-refractivity contribution is 6.13. The Hall–Kier alpha value is -6.85. The van der Waals surface area contributed by atoms with Crippen molar-refractivity contribution in [2.45, 2.75) is 6.04 Å². The molecule has 0 amide bonds. The van der Waals surface area contributed by atoms with E-state index in [-0.39, 0.29) is 6.04 Å². The molecule has 240 valence electrons. The first kappa shape index (κ1) is 29.1. The molecule has 1 N–H and O–H groups in total. The fourth-order valence-electron chi connectivity index (χ4n) is 7.33. The minimum Gasteiger partial charge on any atom is -0.359 e. The maximum Gasteiger partial charge on any atom is 0.134 e. The fourth-order valence-corrected chi connectivity index (χ4v) is 7.33. The first-order chi connectivity index (χ1) is 25.2. The first-order valence-electron chi connectivity index (χ1n) is 17.2. The van der Waals surface area contributed by atoms with Crippen molar-refractivity contribution >= 4 is 55.4 Å². The van der Waals surface area contributed by atoms with Gasteiger partial charge in [-0.25, -0.2) is 15.0 Å². The van der Waals surface area contributed by atoms with Crippen molar-refractivity contribution < 1.29 is 0 Å². The van der Waals surface area contributed by atoms with E-state index in [4.69, 9.17) is 15.0 Å². The standard InChI is InChI=1S/C46H31N5/c1-3-13-30(14-4-1)40-28-41(50-46(49-40)31-15-5-2-6-16-31)34-19-11-17-32(25-34)33-18-12-20-35(26-33)51-44-24-10-7-21-36(44)37-27-42-43(29-45(37)51)48-39-23-9-8-22-38(39)47-42/h1-29,40H,(H,49,50). The summed E-state index contributed by atoms with van der Waals surface area (Å²) >= 11 is 0. The number of hydrogen-bond donors (Lipinski definition) is 1. The molecule has 1 atom stereocenters. The highest BCUT2D eigenvalue weighted by atomic mass is 15.0. The van der Waals surface area contributed by atoms with Crippen LogP contribution in [0.15, 0.2) is 181 Å². The van der Waals surface area contributed by atoms with E-state index in [9.17, 15) is 0 Å². The molecule has 9 aromatic rings. The Bertz CT molecular complexity index is 2830. The summed E-state index contributed by atoms with van der Waals surface area (Å²) in [6.07, 6.45) is 2.23. The van der Waals surface area contributed by atoms with Crippen molar-refractivity contribution in [2.24, 2.45) is 4.99 Å². The average Bonchev–Trinajstić information content (AvgIpc) is 3.52. The summed E-state index contributed by atoms with van der Waals surface area (Å²) in [5, 5.41) is 6.02. The van der Waals surface area contributed by atoms with Crippen LogP contribution in [-0.4, -0.2) is 20.4 Å². The maximum absolute atomic E-state index is 5.15. The van der Waals surface area contributed by atoms with Gasteiger partial charge in [0, 0.05) is 27.6 Å². The van der Waals surface area contributed by atoms with Crippen molar-refractivity contribution in [3.8, 4) is 16.8 Å². The second-order valence-electron chi connectivity index (χ2n) is 13.0. The van der Waals surface area contributed by atoms with Gasteiger partial charge in [0.15, 0.2) is 0 Å². The van der Waals surface area contributed by atoms with E-state index >= 15 is 0 Å². The van der Waals surface area contributed by atoms with E-state index in [1.807, 2.05) is 30.3 Å². The van der Waals surface area contributed by atoms with E-state index in [0.29, 0.717) is 0 Å². The minimum absolute atomic E-state index is 0.00467. The lowest BCUT2D eigenvalue weighted by atomic mass is 9.97. The third-order valence-corrected chi connectivity index (χ3v) is 9.78. The molecular formula is C46H31N5. The molecule has 10 rings (SSSR count). The Labute approximate surface area is 294 Å². The van der Waals surface area contributed by atoms with Crippen LogP contribution in [0.5, 0.6) is 0 Å². The number of amidine groups is 1. The molecule has 5 nitrogen and oxygen atoms in total. The SMILES string of the molecule is C1=C(c2cccc(-c3cccc(-n4c5ccccc5c5cc6nc7ccccc7nc6cc54)c3)c2)N=C(c2ccccc2)NC1c1ccccc1. The number of nitrogens with zero attached hydrogens (tertiary/aromatic N) is 4. The second-order valence-corrected chi connectivity index (χ2v) is 13.0. The first-order valence-corrected chi connectivity index (χ1v) is 17.2. The highest BCUT2D eigenvalue weighted by Gasteiger charge is 2.20. The predicted octanol–water partition coefficient (Wildman–Crippen LogP) is 10.7. The number of nitrogens with one attached hydrogen (secondary N) is 1. The number of fused-ring (bicyclic) bond motifs is 5. The molecule has 0 spiro atoms. The van der Waals surface area contributed by atoms with E-state index in [1.54, 1.807) is 0 Å². The highest BCUT2D eigenvalue weighted by Crippen LogP contribution is 2.36. The molecule has 2 aromatic heterocycles. The summed E-state index contributed by atoms with van der Waals surface area (Å²) in [5.74, 6) is 0.867. The molecule has 51 heavy (non-hydrogen) atoms. The van der Waals surface area contributed by atoms with E-state index < -0.39 is 0 Å². The third-order valence-electron chi connectivity index (χ3n) is 9.78. The van der Waals surface area contributed by atoms with Gasteiger partial charge in [0.05, 0.1) is 44.8 Å². The van der Waals surface area contributed by atoms with Crippen molar-refractivity contribution in [1.82, 2.24) is 19.9 Å². The van der Waals surface area contributed by atoms with Gasteiger partial charge in [0.25, 0.3) is 0 Å². The summed E-state index contributed by atoms with van der Waals surface area (Å²) in [7, 11) is 0. The quantitative estimate of drug-likeness (QED) is 0.188. The molecule has 1 unspecified atom stereocenters. The van der Waals surface area contributed by atoms with Crippen LogP contribution in [0.3, 0.4) is 0 Å².